The summed E-state index contributed by atoms with van der Waals surface area (Å²) < 4.78 is 1.91. The monoisotopic (exact) mass is 450 g/mol. The second kappa shape index (κ2) is 8.68. The number of hydrogen-bond donors (Lipinski definition) is 2. The number of carbonyl (C=O) groups is 4. The molecule has 2 unspecified atom stereocenters. The molecule has 10 nitrogen and oxygen atoms in total. The number of amides is 4. The van der Waals surface area contributed by atoms with Crippen LogP contribution < -0.4 is 10.6 Å². The van der Waals surface area contributed by atoms with Gasteiger partial charge in [0.05, 0.1) is 12.6 Å². The fourth-order valence-electron chi connectivity index (χ4n) is 4.93. The first-order chi connectivity index (χ1) is 16.0. The Hall–Kier alpha value is -3.69. The third kappa shape index (κ3) is 4.08. The lowest BCUT2D eigenvalue weighted by molar-refractivity contribution is -0.137. The predicted octanol–water partition coefficient (Wildman–Crippen LogP) is 0.920. The summed E-state index contributed by atoms with van der Waals surface area (Å²) in [6.45, 7) is 1.72. The van der Waals surface area contributed by atoms with Gasteiger partial charge in [-0.15, -0.1) is 0 Å². The van der Waals surface area contributed by atoms with Crippen LogP contribution in [0.25, 0.3) is 0 Å². The Morgan fingerprint density at radius 2 is 2.06 bits per heavy atom. The van der Waals surface area contributed by atoms with Crippen LogP contribution in [0, 0.1) is 0 Å². The van der Waals surface area contributed by atoms with Crippen molar-refractivity contribution in [2.75, 3.05) is 25.0 Å². The molecule has 4 heterocycles. The van der Waals surface area contributed by atoms with E-state index in [4.69, 9.17) is 0 Å². The summed E-state index contributed by atoms with van der Waals surface area (Å²) in [5.41, 5.74) is 2.01. The first-order valence-corrected chi connectivity index (χ1v) is 11.3. The highest BCUT2D eigenvalue weighted by atomic mass is 16.2. The lowest BCUT2D eigenvalue weighted by Gasteiger charge is -2.33. The summed E-state index contributed by atoms with van der Waals surface area (Å²) in [6.07, 6.45) is 6.12. The van der Waals surface area contributed by atoms with E-state index in [1.807, 2.05) is 27.9 Å². The van der Waals surface area contributed by atoms with Gasteiger partial charge in [0.25, 0.3) is 5.91 Å². The van der Waals surface area contributed by atoms with Crippen molar-refractivity contribution in [3.8, 4) is 0 Å². The van der Waals surface area contributed by atoms with Gasteiger partial charge in [0.1, 0.15) is 6.04 Å². The average molecular weight is 450 g/mol. The number of rotatable bonds is 5. The van der Waals surface area contributed by atoms with Crippen LogP contribution >= 0.6 is 0 Å². The van der Waals surface area contributed by atoms with Crippen LogP contribution in [-0.2, 0) is 20.9 Å². The highest BCUT2D eigenvalue weighted by Gasteiger charge is 2.39. The zero-order chi connectivity index (χ0) is 22.9. The van der Waals surface area contributed by atoms with Crippen LogP contribution in [0.2, 0.25) is 0 Å². The predicted molar refractivity (Wildman–Crippen MR) is 118 cm³/mol. The van der Waals surface area contributed by atoms with Crippen molar-refractivity contribution in [1.29, 1.82) is 0 Å². The maximum absolute atomic E-state index is 13.0. The minimum atomic E-state index is -0.662. The largest absolute Gasteiger partial charge is 0.376 e. The highest BCUT2D eigenvalue weighted by Crippen LogP contribution is 2.32. The van der Waals surface area contributed by atoms with E-state index in [-0.39, 0.29) is 43.3 Å². The summed E-state index contributed by atoms with van der Waals surface area (Å²) in [4.78, 5) is 53.0. The molecule has 2 saturated heterocycles. The number of imide groups is 1. The van der Waals surface area contributed by atoms with Gasteiger partial charge in [-0.05, 0) is 37.5 Å². The molecule has 3 aliphatic rings. The fourth-order valence-corrected chi connectivity index (χ4v) is 4.93. The molecule has 10 heteroatoms. The van der Waals surface area contributed by atoms with Crippen molar-refractivity contribution in [3.05, 3.63) is 47.8 Å². The average Bonchev–Trinajstić information content (AvgIpc) is 3.47. The third-order valence-electron chi connectivity index (χ3n) is 6.66. The molecule has 1 aromatic carbocycles. The van der Waals surface area contributed by atoms with Gasteiger partial charge >= 0.3 is 0 Å². The second-order valence-electron chi connectivity index (χ2n) is 8.71. The Kier molecular flexibility index (Phi) is 5.57. The molecule has 0 aliphatic carbocycles. The molecule has 0 spiro atoms. The van der Waals surface area contributed by atoms with Gasteiger partial charge < -0.3 is 15.1 Å². The standard InChI is InChI=1S/C23H26N6O4/c30-20-8-7-19(22(32)26-20)28-14-17-16(23(28)33)5-1-6-18(17)24-12-21(31)27-10-2-4-15(13-27)29-11-3-9-25-29/h1,3,5-6,9,11,15,19,24H,2,4,7-8,10,12-14H2,(H,26,30,32). The molecule has 2 fully saturated rings. The summed E-state index contributed by atoms with van der Waals surface area (Å²) in [5, 5.41) is 9.83. The number of carbonyl (C=O) groups excluding carboxylic acids is 4. The van der Waals surface area contributed by atoms with Crippen LogP contribution in [0.1, 0.15) is 47.6 Å². The molecule has 2 N–H and O–H groups in total. The van der Waals surface area contributed by atoms with E-state index < -0.39 is 11.9 Å². The van der Waals surface area contributed by atoms with Crippen molar-refractivity contribution in [2.24, 2.45) is 0 Å². The molecule has 0 bridgehead atoms. The Morgan fingerprint density at radius 1 is 1.18 bits per heavy atom. The van der Waals surface area contributed by atoms with E-state index in [0.29, 0.717) is 30.8 Å². The van der Waals surface area contributed by atoms with Crippen LogP contribution in [0.5, 0.6) is 0 Å². The van der Waals surface area contributed by atoms with Gasteiger partial charge in [0.2, 0.25) is 17.7 Å². The number of hydrogen-bond acceptors (Lipinski definition) is 6. The van der Waals surface area contributed by atoms with Gasteiger partial charge in [0.15, 0.2) is 0 Å². The van der Waals surface area contributed by atoms with E-state index in [9.17, 15) is 19.2 Å². The van der Waals surface area contributed by atoms with Gasteiger partial charge in [-0.1, -0.05) is 6.07 Å². The quantitative estimate of drug-likeness (QED) is 0.655. The molecular formula is C23H26N6O4. The first-order valence-electron chi connectivity index (χ1n) is 11.3. The zero-order valence-electron chi connectivity index (χ0n) is 18.2. The number of likely N-dealkylation sites (tertiary alicyclic amines) is 1. The summed E-state index contributed by atoms with van der Waals surface area (Å²) in [5.74, 6) is -0.980. The number of benzene rings is 1. The number of nitrogens with zero attached hydrogens (tertiary/aromatic N) is 4. The number of aromatic nitrogens is 2. The topological polar surface area (TPSA) is 117 Å². The van der Waals surface area contributed by atoms with Gasteiger partial charge in [-0.2, -0.15) is 5.10 Å². The van der Waals surface area contributed by atoms with E-state index in [2.05, 4.69) is 15.7 Å². The lowest BCUT2D eigenvalue weighted by atomic mass is 10.0. The molecule has 5 rings (SSSR count). The first kappa shape index (κ1) is 21.2. The van der Waals surface area contributed by atoms with Crippen molar-refractivity contribution in [1.82, 2.24) is 24.9 Å². The van der Waals surface area contributed by atoms with Crippen molar-refractivity contribution in [3.63, 3.8) is 0 Å². The molecule has 172 valence electrons. The van der Waals surface area contributed by atoms with Gasteiger partial charge in [0, 0.05) is 55.3 Å². The maximum atomic E-state index is 13.0. The zero-order valence-corrected chi connectivity index (χ0v) is 18.2. The molecule has 2 atom stereocenters. The van der Waals surface area contributed by atoms with E-state index in [1.54, 1.807) is 18.3 Å². The molecule has 1 aromatic heterocycles. The Bertz CT molecular complexity index is 1100. The number of anilines is 1. The van der Waals surface area contributed by atoms with Gasteiger partial charge in [-0.3, -0.25) is 29.2 Å². The van der Waals surface area contributed by atoms with Crippen LogP contribution in [0.3, 0.4) is 0 Å². The fraction of sp³-hybridized carbons (Fsp3) is 0.435. The molecule has 0 radical (unpaired) electrons. The molecule has 0 saturated carbocycles. The molecule has 33 heavy (non-hydrogen) atoms. The summed E-state index contributed by atoms with van der Waals surface area (Å²) in [7, 11) is 0. The highest BCUT2D eigenvalue weighted by molar-refractivity contribution is 6.06. The van der Waals surface area contributed by atoms with Crippen LogP contribution in [0.4, 0.5) is 5.69 Å². The molecule has 4 amide bonds. The molecular weight excluding hydrogens is 424 g/mol. The third-order valence-corrected chi connectivity index (χ3v) is 6.66. The molecule has 2 aromatic rings. The summed E-state index contributed by atoms with van der Waals surface area (Å²) in [6, 6.07) is 6.75. The Balaban J connectivity index is 1.24. The second-order valence-corrected chi connectivity index (χ2v) is 8.71. The van der Waals surface area contributed by atoms with E-state index in [0.717, 1.165) is 18.4 Å². The van der Waals surface area contributed by atoms with Crippen LogP contribution in [0.15, 0.2) is 36.7 Å². The minimum absolute atomic E-state index is 0.00388. The SMILES string of the molecule is O=C1CCC(N2Cc3c(NCC(=O)N4CCCC(n5cccn5)C4)cccc3C2=O)C(=O)N1. The normalized spacial score (nSPS) is 22.8. The van der Waals surface area contributed by atoms with E-state index >= 15 is 0 Å². The van der Waals surface area contributed by atoms with Crippen LogP contribution in [-0.4, -0.2) is 68.9 Å². The Morgan fingerprint density at radius 3 is 2.85 bits per heavy atom. The smallest absolute Gasteiger partial charge is 0.255 e. The van der Waals surface area contributed by atoms with E-state index in [1.165, 1.54) is 4.90 Å². The number of fused-ring (bicyclic) bond motifs is 1. The van der Waals surface area contributed by atoms with Crippen molar-refractivity contribution in [2.45, 2.75) is 44.3 Å². The lowest BCUT2D eigenvalue weighted by Crippen LogP contribution is -2.52. The van der Waals surface area contributed by atoms with Crippen molar-refractivity contribution >= 4 is 29.3 Å². The summed E-state index contributed by atoms with van der Waals surface area (Å²) >= 11 is 0. The minimum Gasteiger partial charge on any atom is -0.376 e. The maximum Gasteiger partial charge on any atom is 0.255 e. The number of piperidine rings is 2. The Labute approximate surface area is 190 Å². The molecule has 3 aliphatic heterocycles. The van der Waals surface area contributed by atoms with Gasteiger partial charge in [-0.25, -0.2) is 0 Å². The van der Waals surface area contributed by atoms with Crippen molar-refractivity contribution < 1.29 is 19.2 Å². The number of nitrogens with one attached hydrogen (secondary N) is 2.